The number of methoxy groups -OCH3 is 1. The number of ketones is 1. The standard InChI is InChI=1S/C23H19NO4/c1-16-20(10-11-27-16)23(25)19(14-24)12-18-8-9-21(22(13-18)26-2)28-15-17-6-4-3-5-7-17/h3-13H,15H2,1-2H3/b19-12+. The highest BCUT2D eigenvalue weighted by molar-refractivity contribution is 6.14. The Morgan fingerprint density at radius 3 is 2.57 bits per heavy atom. The second kappa shape index (κ2) is 8.74. The summed E-state index contributed by atoms with van der Waals surface area (Å²) in [6.45, 7) is 2.10. The van der Waals surface area contributed by atoms with Crippen molar-refractivity contribution in [3.8, 4) is 17.6 Å². The van der Waals surface area contributed by atoms with Crippen LogP contribution >= 0.6 is 0 Å². The summed E-state index contributed by atoms with van der Waals surface area (Å²) in [6, 6.07) is 18.6. The number of rotatable bonds is 7. The van der Waals surface area contributed by atoms with Crippen molar-refractivity contribution in [2.24, 2.45) is 0 Å². The van der Waals surface area contributed by atoms with Gasteiger partial charge in [-0.1, -0.05) is 36.4 Å². The maximum atomic E-state index is 12.5. The van der Waals surface area contributed by atoms with Crippen molar-refractivity contribution in [1.29, 1.82) is 5.26 Å². The molecule has 0 spiro atoms. The maximum absolute atomic E-state index is 12.5. The Kier molecular flexibility index (Phi) is 5.93. The van der Waals surface area contributed by atoms with E-state index >= 15 is 0 Å². The van der Waals surface area contributed by atoms with Gasteiger partial charge in [-0.2, -0.15) is 5.26 Å². The lowest BCUT2D eigenvalue weighted by atomic mass is 10.0. The largest absolute Gasteiger partial charge is 0.493 e. The second-order valence-electron chi connectivity index (χ2n) is 6.07. The molecule has 1 aromatic heterocycles. The molecular formula is C23H19NO4. The molecule has 0 amide bonds. The van der Waals surface area contributed by atoms with Gasteiger partial charge in [0.25, 0.3) is 0 Å². The first-order chi connectivity index (χ1) is 13.6. The first-order valence-corrected chi connectivity index (χ1v) is 8.67. The molecular weight excluding hydrogens is 354 g/mol. The molecule has 0 saturated carbocycles. The molecule has 3 aromatic rings. The Bertz CT molecular complexity index is 1040. The number of aryl methyl sites for hydroxylation is 1. The molecule has 3 rings (SSSR count). The quantitative estimate of drug-likeness (QED) is 0.332. The number of carbonyl (C=O) groups excluding carboxylic acids is 1. The van der Waals surface area contributed by atoms with Crippen LogP contribution in [0, 0.1) is 18.3 Å². The predicted molar refractivity (Wildman–Crippen MR) is 105 cm³/mol. The first-order valence-electron chi connectivity index (χ1n) is 8.67. The fraction of sp³-hybridized carbons (Fsp3) is 0.130. The van der Waals surface area contributed by atoms with Crippen LogP contribution in [0.25, 0.3) is 6.08 Å². The Morgan fingerprint density at radius 2 is 1.93 bits per heavy atom. The minimum absolute atomic E-state index is 0.0181. The van der Waals surface area contributed by atoms with Crippen molar-refractivity contribution < 1.29 is 18.7 Å². The molecule has 0 aliphatic rings. The summed E-state index contributed by atoms with van der Waals surface area (Å²) < 4.78 is 16.4. The van der Waals surface area contributed by atoms with Crippen LogP contribution in [0.4, 0.5) is 0 Å². The van der Waals surface area contributed by atoms with Crippen molar-refractivity contribution in [2.45, 2.75) is 13.5 Å². The minimum atomic E-state index is -0.378. The van der Waals surface area contributed by atoms with Crippen LogP contribution in [0.3, 0.4) is 0 Å². The zero-order valence-corrected chi connectivity index (χ0v) is 15.6. The number of benzene rings is 2. The van der Waals surface area contributed by atoms with Gasteiger partial charge in [-0.25, -0.2) is 0 Å². The molecule has 28 heavy (non-hydrogen) atoms. The van der Waals surface area contributed by atoms with E-state index in [0.29, 0.717) is 35.0 Å². The highest BCUT2D eigenvalue weighted by atomic mass is 16.5. The monoisotopic (exact) mass is 373 g/mol. The Labute approximate surface area is 163 Å². The lowest BCUT2D eigenvalue weighted by Gasteiger charge is -2.11. The summed E-state index contributed by atoms with van der Waals surface area (Å²) in [5, 5.41) is 9.41. The third kappa shape index (κ3) is 4.30. The van der Waals surface area contributed by atoms with Gasteiger partial charge < -0.3 is 13.9 Å². The highest BCUT2D eigenvalue weighted by Crippen LogP contribution is 2.30. The number of hydrogen-bond donors (Lipinski definition) is 0. The molecule has 0 aliphatic heterocycles. The molecule has 0 aliphatic carbocycles. The van der Waals surface area contributed by atoms with Crippen molar-refractivity contribution in [3.63, 3.8) is 0 Å². The molecule has 0 saturated heterocycles. The molecule has 0 fully saturated rings. The molecule has 2 aromatic carbocycles. The molecule has 140 valence electrons. The van der Waals surface area contributed by atoms with Crippen LogP contribution in [-0.2, 0) is 6.61 Å². The normalized spacial score (nSPS) is 11.0. The van der Waals surface area contributed by atoms with Crippen molar-refractivity contribution >= 4 is 11.9 Å². The molecule has 0 atom stereocenters. The van der Waals surface area contributed by atoms with E-state index in [1.54, 1.807) is 38.3 Å². The van der Waals surface area contributed by atoms with Gasteiger partial charge in [0.1, 0.15) is 24.0 Å². The predicted octanol–water partition coefficient (Wildman–Crippen LogP) is 4.97. The Balaban J connectivity index is 1.82. The van der Waals surface area contributed by atoms with Gasteiger partial charge in [0.05, 0.1) is 18.9 Å². The van der Waals surface area contributed by atoms with E-state index in [4.69, 9.17) is 13.9 Å². The highest BCUT2D eigenvalue weighted by Gasteiger charge is 2.17. The van der Waals surface area contributed by atoms with Gasteiger partial charge >= 0.3 is 0 Å². The average Bonchev–Trinajstić information content (AvgIpc) is 3.16. The van der Waals surface area contributed by atoms with Gasteiger partial charge in [-0.3, -0.25) is 4.79 Å². The van der Waals surface area contributed by atoms with E-state index in [1.807, 2.05) is 36.4 Å². The van der Waals surface area contributed by atoms with Crippen molar-refractivity contribution in [1.82, 2.24) is 0 Å². The van der Waals surface area contributed by atoms with Crippen LogP contribution < -0.4 is 9.47 Å². The summed E-state index contributed by atoms with van der Waals surface area (Å²) >= 11 is 0. The molecule has 0 unspecified atom stereocenters. The van der Waals surface area contributed by atoms with E-state index < -0.39 is 0 Å². The second-order valence-corrected chi connectivity index (χ2v) is 6.07. The summed E-state index contributed by atoms with van der Waals surface area (Å²) in [7, 11) is 1.55. The zero-order chi connectivity index (χ0) is 19.9. The number of carbonyl (C=O) groups is 1. The Morgan fingerprint density at radius 1 is 1.14 bits per heavy atom. The van der Waals surface area contributed by atoms with E-state index in [-0.39, 0.29) is 11.4 Å². The fourth-order valence-electron chi connectivity index (χ4n) is 2.71. The van der Waals surface area contributed by atoms with E-state index in [2.05, 4.69) is 0 Å². The lowest BCUT2D eigenvalue weighted by Crippen LogP contribution is -2.02. The van der Waals surface area contributed by atoms with Crippen LogP contribution in [0.1, 0.15) is 27.2 Å². The number of allylic oxidation sites excluding steroid dienone is 1. The van der Waals surface area contributed by atoms with Gasteiger partial charge in [0.2, 0.25) is 5.78 Å². The SMILES string of the molecule is COc1cc(/C=C(\C#N)C(=O)c2ccoc2C)ccc1OCc1ccccc1. The van der Waals surface area contributed by atoms with Gasteiger partial charge in [-0.15, -0.1) is 0 Å². The molecule has 0 N–H and O–H groups in total. The topological polar surface area (TPSA) is 72.5 Å². The molecule has 1 heterocycles. The van der Waals surface area contributed by atoms with Crippen LogP contribution in [0.5, 0.6) is 11.5 Å². The van der Waals surface area contributed by atoms with Crippen LogP contribution in [-0.4, -0.2) is 12.9 Å². The van der Waals surface area contributed by atoms with Gasteiger partial charge in [0, 0.05) is 0 Å². The third-order valence-corrected chi connectivity index (χ3v) is 4.20. The number of furan rings is 1. The summed E-state index contributed by atoms with van der Waals surface area (Å²) in [6.07, 6.45) is 2.96. The van der Waals surface area contributed by atoms with E-state index in [9.17, 15) is 10.1 Å². The Hall–Kier alpha value is -3.78. The van der Waals surface area contributed by atoms with E-state index in [0.717, 1.165) is 5.56 Å². The van der Waals surface area contributed by atoms with Crippen molar-refractivity contribution in [2.75, 3.05) is 7.11 Å². The molecule has 0 bridgehead atoms. The number of Topliss-reactive ketones (excluding diaryl/α,β-unsaturated/α-hetero) is 1. The van der Waals surface area contributed by atoms with Crippen LogP contribution in [0.15, 0.2) is 70.9 Å². The summed E-state index contributed by atoms with van der Waals surface area (Å²) in [5.41, 5.74) is 2.10. The van der Waals surface area contributed by atoms with Gasteiger partial charge in [-0.05, 0) is 42.3 Å². The van der Waals surface area contributed by atoms with Crippen molar-refractivity contribution in [3.05, 3.63) is 88.9 Å². The maximum Gasteiger partial charge on any atom is 0.207 e. The smallest absolute Gasteiger partial charge is 0.207 e. The van der Waals surface area contributed by atoms with E-state index in [1.165, 1.54) is 12.3 Å². The minimum Gasteiger partial charge on any atom is -0.493 e. The zero-order valence-electron chi connectivity index (χ0n) is 15.6. The number of ether oxygens (including phenoxy) is 2. The summed E-state index contributed by atoms with van der Waals surface area (Å²) in [5.74, 6) is 1.21. The number of nitrogens with zero attached hydrogens (tertiary/aromatic N) is 1. The number of nitriles is 1. The lowest BCUT2D eigenvalue weighted by molar-refractivity contribution is 0.103. The third-order valence-electron chi connectivity index (χ3n) is 4.20. The van der Waals surface area contributed by atoms with Crippen LogP contribution in [0.2, 0.25) is 0 Å². The van der Waals surface area contributed by atoms with Gasteiger partial charge in [0.15, 0.2) is 11.5 Å². The molecule has 5 nitrogen and oxygen atoms in total. The molecule has 5 heteroatoms. The first kappa shape index (κ1) is 19.0. The number of hydrogen-bond acceptors (Lipinski definition) is 5. The average molecular weight is 373 g/mol. The fourth-order valence-corrected chi connectivity index (χ4v) is 2.71. The summed E-state index contributed by atoms with van der Waals surface area (Å²) in [4.78, 5) is 12.5. The molecule has 0 radical (unpaired) electrons.